The second-order valence-corrected chi connectivity index (χ2v) is 9.82. The first-order chi connectivity index (χ1) is 15.8. The van der Waals surface area contributed by atoms with Crippen molar-refractivity contribution < 1.29 is 49.6 Å². The smallest absolute Gasteiger partial charge is 0.185 e. The normalized spacial score (nSPS) is 53.5. The minimum atomic E-state index is -1.46. The van der Waals surface area contributed by atoms with Gasteiger partial charge in [0.2, 0.25) is 0 Å². The van der Waals surface area contributed by atoms with E-state index in [4.69, 9.17) is 36.1 Å². The number of rotatable bonds is 6. The highest BCUT2D eigenvalue weighted by molar-refractivity contribution is 5.02. The van der Waals surface area contributed by atoms with Crippen molar-refractivity contribution in [3.63, 3.8) is 0 Å². The molecule has 0 aromatic carbocycles. The van der Waals surface area contributed by atoms with Gasteiger partial charge >= 0.3 is 0 Å². The molecule has 2 saturated heterocycles. The van der Waals surface area contributed by atoms with Crippen molar-refractivity contribution in [3.05, 3.63) is 0 Å². The zero-order valence-electron chi connectivity index (χ0n) is 19.5. The molecule has 13 N–H and O–H groups in total. The van der Waals surface area contributed by atoms with Crippen LogP contribution in [0.4, 0.5) is 0 Å². The molecule has 200 valence electrons. The zero-order valence-corrected chi connectivity index (χ0v) is 19.5. The maximum Gasteiger partial charge on any atom is 0.185 e. The maximum absolute atomic E-state index is 11.1. The molecule has 0 unspecified atom stereocenters. The fourth-order valence-electron chi connectivity index (χ4n) is 4.95. The van der Waals surface area contributed by atoms with Crippen molar-refractivity contribution in [3.8, 4) is 0 Å². The molecule has 2 aliphatic heterocycles. The molecule has 0 aromatic heterocycles. The number of likely N-dealkylation sites (N-methyl/N-ethyl adjacent to an activating group) is 1. The fraction of sp³-hybridized carbons (Fsp3) is 1.00. The molecular weight excluding hydrogens is 456 g/mol. The van der Waals surface area contributed by atoms with Gasteiger partial charge < -0.3 is 72.1 Å². The largest absolute Gasteiger partial charge is 0.391 e. The van der Waals surface area contributed by atoms with E-state index in [2.05, 4.69) is 5.32 Å². The van der Waals surface area contributed by atoms with Crippen LogP contribution in [0.5, 0.6) is 0 Å². The molecule has 3 rings (SSSR count). The van der Waals surface area contributed by atoms with Gasteiger partial charge in [-0.05, 0) is 27.3 Å². The van der Waals surface area contributed by atoms with Crippen LogP contribution in [0.25, 0.3) is 0 Å². The Labute approximate surface area is 197 Å². The van der Waals surface area contributed by atoms with Crippen LogP contribution in [0.2, 0.25) is 0 Å². The summed E-state index contributed by atoms with van der Waals surface area (Å²) >= 11 is 0. The predicted octanol–water partition coefficient (Wildman–Crippen LogP) is -5.61. The van der Waals surface area contributed by atoms with Crippen molar-refractivity contribution >= 4 is 0 Å². The summed E-state index contributed by atoms with van der Waals surface area (Å²) in [5.74, 6) is 0. The third-order valence-corrected chi connectivity index (χ3v) is 6.95. The average molecular weight is 497 g/mol. The summed E-state index contributed by atoms with van der Waals surface area (Å²) in [6.07, 6.45) is -12.4. The minimum Gasteiger partial charge on any atom is -0.391 e. The van der Waals surface area contributed by atoms with Crippen molar-refractivity contribution in [2.75, 3.05) is 13.7 Å². The van der Waals surface area contributed by atoms with Gasteiger partial charge in [0.05, 0.1) is 24.8 Å². The monoisotopic (exact) mass is 496 g/mol. The van der Waals surface area contributed by atoms with Crippen LogP contribution in [-0.2, 0) is 18.9 Å². The van der Waals surface area contributed by atoms with Crippen LogP contribution in [0.15, 0.2) is 0 Å². The summed E-state index contributed by atoms with van der Waals surface area (Å²) in [5, 5.41) is 65.2. The molecular formula is C20H40N4O10. The van der Waals surface area contributed by atoms with E-state index in [0.717, 1.165) is 0 Å². The van der Waals surface area contributed by atoms with Crippen molar-refractivity contribution in [1.82, 2.24) is 5.32 Å². The van der Waals surface area contributed by atoms with Crippen LogP contribution in [0.1, 0.15) is 20.3 Å². The molecule has 0 bridgehead atoms. The van der Waals surface area contributed by atoms with Gasteiger partial charge in [0, 0.05) is 12.1 Å². The van der Waals surface area contributed by atoms with Gasteiger partial charge in [-0.25, -0.2) is 0 Å². The standard InChI is InChI=1S/C20H40N4O10/c1-6(25)14-11(27)10(26)9(23)18(32-14)33-15-7(21)4-8(22)16(12(15)28)34-19-13(29)17(24-3)20(2,30)5-31-19/h6-19,24-30H,4-5,21-23H2,1-3H3/t6-,7-,8+,9-,10+,11+,12+,13-,14+,15-,16+,17+,18-,19-,20-/m0/s1. The number of ether oxygens (including phenoxy) is 4. The molecule has 0 aromatic rings. The predicted molar refractivity (Wildman–Crippen MR) is 116 cm³/mol. The molecule has 15 atom stereocenters. The van der Waals surface area contributed by atoms with E-state index in [1.807, 2.05) is 0 Å². The zero-order chi connectivity index (χ0) is 25.5. The van der Waals surface area contributed by atoms with E-state index in [9.17, 15) is 30.6 Å². The van der Waals surface area contributed by atoms with Gasteiger partial charge in [-0.2, -0.15) is 0 Å². The molecule has 2 heterocycles. The molecule has 14 heteroatoms. The summed E-state index contributed by atoms with van der Waals surface area (Å²) in [7, 11) is 1.58. The number of aliphatic hydroxyl groups is 6. The lowest BCUT2D eigenvalue weighted by atomic mass is 9.84. The number of hydrogen-bond donors (Lipinski definition) is 10. The lowest BCUT2D eigenvalue weighted by molar-refractivity contribution is -0.319. The molecule has 3 fully saturated rings. The molecule has 0 amide bonds. The number of aliphatic hydroxyl groups excluding tert-OH is 5. The van der Waals surface area contributed by atoms with Gasteiger partial charge in [-0.3, -0.25) is 0 Å². The van der Waals surface area contributed by atoms with E-state index >= 15 is 0 Å². The van der Waals surface area contributed by atoms with E-state index < -0.39 is 91.2 Å². The van der Waals surface area contributed by atoms with E-state index in [1.54, 1.807) is 7.05 Å². The highest BCUT2D eigenvalue weighted by Gasteiger charge is 2.52. The highest BCUT2D eigenvalue weighted by atomic mass is 16.7. The number of nitrogens with two attached hydrogens (primary N) is 3. The Balaban J connectivity index is 1.73. The van der Waals surface area contributed by atoms with E-state index in [1.165, 1.54) is 13.8 Å². The first-order valence-corrected chi connectivity index (χ1v) is 11.4. The Morgan fingerprint density at radius 2 is 1.50 bits per heavy atom. The lowest BCUT2D eigenvalue weighted by Gasteiger charge is -2.49. The number of nitrogens with one attached hydrogen (secondary N) is 1. The first-order valence-electron chi connectivity index (χ1n) is 11.4. The van der Waals surface area contributed by atoms with Crippen LogP contribution >= 0.6 is 0 Å². The molecule has 1 aliphatic carbocycles. The summed E-state index contributed by atoms with van der Waals surface area (Å²) in [6.45, 7) is 2.75. The molecule has 3 aliphatic rings. The SMILES string of the molecule is CN[C@@H]1[C@H](O)[C@H](O[C@H]2[C@H](O)[C@@H](O[C@@H]3O[C@H]([C@H](C)O)[C@H](O)[C@H](O)[C@@H]3N)[C@@H](N)C[C@H]2N)OC[C@]1(C)O. The van der Waals surface area contributed by atoms with Crippen LogP contribution in [0, 0.1) is 0 Å². The summed E-state index contributed by atoms with van der Waals surface area (Å²) in [5.41, 5.74) is 17.0. The van der Waals surface area contributed by atoms with Gasteiger partial charge in [-0.15, -0.1) is 0 Å². The second-order valence-electron chi connectivity index (χ2n) is 9.82. The Morgan fingerprint density at radius 1 is 0.941 bits per heavy atom. The van der Waals surface area contributed by atoms with Gasteiger partial charge in [0.15, 0.2) is 12.6 Å². The van der Waals surface area contributed by atoms with Crippen molar-refractivity contribution in [2.45, 2.75) is 111 Å². The highest BCUT2D eigenvalue weighted by Crippen LogP contribution is 2.32. The Bertz CT molecular complexity index is 675. The van der Waals surface area contributed by atoms with E-state index in [-0.39, 0.29) is 13.0 Å². The van der Waals surface area contributed by atoms with Gasteiger partial charge in [0.1, 0.15) is 48.3 Å². The summed E-state index contributed by atoms with van der Waals surface area (Å²) in [4.78, 5) is 0. The minimum absolute atomic E-state index is 0.135. The average Bonchev–Trinajstić information content (AvgIpc) is 2.75. The number of hydrogen-bond acceptors (Lipinski definition) is 14. The van der Waals surface area contributed by atoms with Crippen LogP contribution in [0.3, 0.4) is 0 Å². The lowest BCUT2D eigenvalue weighted by Crippen LogP contribution is -2.69. The van der Waals surface area contributed by atoms with Crippen LogP contribution < -0.4 is 22.5 Å². The maximum atomic E-state index is 11.1. The third kappa shape index (κ3) is 5.40. The topological polar surface area (TPSA) is 248 Å². The quantitative estimate of drug-likeness (QED) is 0.165. The molecule has 1 saturated carbocycles. The Kier molecular flexibility index (Phi) is 8.92. The molecule has 0 spiro atoms. The summed E-state index contributed by atoms with van der Waals surface area (Å²) < 4.78 is 22.8. The molecule has 0 radical (unpaired) electrons. The van der Waals surface area contributed by atoms with Gasteiger partial charge in [-0.1, -0.05) is 0 Å². The Hall–Kier alpha value is -0.560. The first kappa shape index (κ1) is 28.0. The molecule has 14 nitrogen and oxygen atoms in total. The van der Waals surface area contributed by atoms with Crippen molar-refractivity contribution in [2.24, 2.45) is 17.2 Å². The summed E-state index contributed by atoms with van der Waals surface area (Å²) in [6, 6.07) is -3.47. The van der Waals surface area contributed by atoms with Crippen LogP contribution in [-0.4, -0.2) is 135 Å². The second kappa shape index (κ2) is 10.8. The molecule has 34 heavy (non-hydrogen) atoms. The van der Waals surface area contributed by atoms with E-state index in [0.29, 0.717) is 0 Å². The third-order valence-electron chi connectivity index (χ3n) is 6.95. The van der Waals surface area contributed by atoms with Crippen molar-refractivity contribution in [1.29, 1.82) is 0 Å². The van der Waals surface area contributed by atoms with Gasteiger partial charge in [0.25, 0.3) is 0 Å². The Morgan fingerprint density at radius 3 is 2.03 bits per heavy atom. The fourth-order valence-corrected chi connectivity index (χ4v) is 4.95.